The number of nitrogens with two attached hydrogens (primary N) is 1. The summed E-state index contributed by atoms with van der Waals surface area (Å²) in [6, 6.07) is 11.0. The van der Waals surface area contributed by atoms with Gasteiger partial charge in [0.25, 0.3) is 11.8 Å². The number of carbonyl (C=O) groups is 2. The predicted octanol–water partition coefficient (Wildman–Crippen LogP) is 5.61. The molecular formula is C34H31F5N6O3. The van der Waals surface area contributed by atoms with Gasteiger partial charge >= 0.3 is 6.18 Å². The van der Waals surface area contributed by atoms with Crippen molar-refractivity contribution < 1.29 is 36.3 Å². The summed E-state index contributed by atoms with van der Waals surface area (Å²) in [5.74, 6) is 3.30. The molecule has 2 amide bonds. The van der Waals surface area contributed by atoms with Crippen LogP contribution in [-0.2, 0) is 11.8 Å². The number of nitrogens with one attached hydrogen (secondary N) is 2. The number of ether oxygens (including phenoxy) is 1. The summed E-state index contributed by atoms with van der Waals surface area (Å²) in [7, 11) is 3.08. The molecule has 1 fully saturated rings. The molecule has 0 radical (unpaired) electrons. The number of rotatable bonds is 8. The maximum absolute atomic E-state index is 13.7. The van der Waals surface area contributed by atoms with Gasteiger partial charge < -0.3 is 25.7 Å². The number of alkyl halides is 4. The lowest BCUT2D eigenvalue weighted by Gasteiger charge is -2.14. The molecule has 5 rings (SSSR count). The van der Waals surface area contributed by atoms with Crippen LogP contribution < -0.4 is 21.1 Å². The van der Waals surface area contributed by atoms with Crippen LogP contribution in [0.5, 0.6) is 5.75 Å². The maximum atomic E-state index is 13.7. The van der Waals surface area contributed by atoms with Crippen molar-refractivity contribution in [2.75, 3.05) is 44.3 Å². The minimum atomic E-state index is -4.60. The Balaban J connectivity index is 1.66. The van der Waals surface area contributed by atoms with Crippen LogP contribution >= 0.6 is 0 Å². The molecule has 3 heterocycles. The molecule has 0 spiro atoms. The minimum absolute atomic E-state index is 0.0129. The molecule has 48 heavy (non-hydrogen) atoms. The first kappa shape index (κ1) is 33.9. The molecule has 4 N–H and O–H groups in total. The fraction of sp³-hybridized carbons (Fsp3) is 0.265. The number of methoxy groups -OCH3 is 1. The molecule has 0 unspecified atom stereocenters. The number of hydrogen-bond donors (Lipinski definition) is 3. The van der Waals surface area contributed by atoms with E-state index in [-0.39, 0.29) is 17.1 Å². The number of amides is 2. The molecular weight excluding hydrogens is 635 g/mol. The van der Waals surface area contributed by atoms with Gasteiger partial charge in [-0.3, -0.25) is 14.5 Å². The van der Waals surface area contributed by atoms with E-state index < -0.39 is 36.5 Å². The highest BCUT2D eigenvalue weighted by Gasteiger charge is 2.29. The molecule has 14 heteroatoms. The lowest BCUT2D eigenvalue weighted by atomic mass is 9.96. The van der Waals surface area contributed by atoms with Crippen LogP contribution in [0.3, 0.4) is 0 Å². The van der Waals surface area contributed by atoms with Gasteiger partial charge in [-0.25, -0.2) is 13.8 Å². The molecule has 2 aromatic heterocycles. The van der Waals surface area contributed by atoms with Crippen molar-refractivity contribution >= 4 is 34.2 Å². The molecule has 0 saturated carbocycles. The van der Waals surface area contributed by atoms with Gasteiger partial charge in [0.05, 0.1) is 41.4 Å². The SMILES string of the molecule is C=C(F)C(=O)Nc1ccc(-c2c(-c3ccc(C(=O)NCC(F)(F)F)c(OC)c3)c3c(N)ncc(C#CCN4CC[C@H](F)C4)c3n2C)cc1. The van der Waals surface area contributed by atoms with Crippen molar-refractivity contribution in [1.29, 1.82) is 0 Å². The van der Waals surface area contributed by atoms with Gasteiger partial charge in [-0.1, -0.05) is 36.6 Å². The molecule has 1 atom stereocenters. The zero-order valence-corrected chi connectivity index (χ0v) is 26.0. The first-order valence-electron chi connectivity index (χ1n) is 14.7. The first-order chi connectivity index (χ1) is 22.8. The molecule has 1 aliphatic rings. The zero-order chi connectivity index (χ0) is 34.7. The molecule has 9 nitrogen and oxygen atoms in total. The largest absolute Gasteiger partial charge is 0.496 e. The first-order valence-corrected chi connectivity index (χ1v) is 14.7. The number of pyridine rings is 1. The molecule has 0 aliphatic carbocycles. The van der Waals surface area contributed by atoms with Gasteiger partial charge in [0.2, 0.25) is 0 Å². The van der Waals surface area contributed by atoms with Gasteiger partial charge in [-0.05, 0) is 41.8 Å². The van der Waals surface area contributed by atoms with Crippen LogP contribution in [0.15, 0.2) is 61.1 Å². The Labute approximate surface area is 272 Å². The number of nitrogens with zero attached hydrogens (tertiary/aromatic N) is 3. The second-order valence-corrected chi connectivity index (χ2v) is 11.1. The predicted molar refractivity (Wildman–Crippen MR) is 173 cm³/mol. The Morgan fingerprint density at radius 1 is 1.17 bits per heavy atom. The number of carbonyl (C=O) groups excluding carboxylic acids is 2. The smallest absolute Gasteiger partial charge is 0.405 e. The van der Waals surface area contributed by atoms with Gasteiger partial charge in [-0.2, -0.15) is 13.2 Å². The van der Waals surface area contributed by atoms with Crippen molar-refractivity contribution in [1.82, 2.24) is 19.8 Å². The molecule has 4 aromatic rings. The van der Waals surface area contributed by atoms with Gasteiger partial charge in [0, 0.05) is 37.6 Å². The Morgan fingerprint density at radius 2 is 1.88 bits per heavy atom. The normalized spacial score (nSPS) is 14.8. The van der Waals surface area contributed by atoms with E-state index in [9.17, 15) is 31.5 Å². The van der Waals surface area contributed by atoms with Crippen LogP contribution in [0.2, 0.25) is 0 Å². The second kappa shape index (κ2) is 13.7. The van der Waals surface area contributed by atoms with E-state index in [1.807, 2.05) is 14.8 Å². The number of benzene rings is 2. The Bertz CT molecular complexity index is 1960. The summed E-state index contributed by atoms with van der Waals surface area (Å²) in [5, 5.41) is 4.76. The second-order valence-electron chi connectivity index (χ2n) is 11.1. The van der Waals surface area contributed by atoms with Crippen molar-refractivity contribution in [3.05, 3.63) is 72.2 Å². The fourth-order valence-corrected chi connectivity index (χ4v) is 5.61. The number of fused-ring (bicyclic) bond motifs is 1. The summed E-state index contributed by atoms with van der Waals surface area (Å²) < 4.78 is 72.6. The van der Waals surface area contributed by atoms with Crippen LogP contribution in [-0.4, -0.2) is 71.9 Å². The number of hydrogen-bond acceptors (Lipinski definition) is 6. The van der Waals surface area contributed by atoms with Crippen LogP contribution in [0, 0.1) is 11.8 Å². The molecule has 250 valence electrons. The monoisotopic (exact) mass is 666 g/mol. The third kappa shape index (κ3) is 7.26. The van der Waals surface area contributed by atoms with Crippen LogP contribution in [0.1, 0.15) is 22.3 Å². The number of halogens is 5. The molecule has 1 aliphatic heterocycles. The fourth-order valence-electron chi connectivity index (χ4n) is 5.61. The van der Waals surface area contributed by atoms with Crippen LogP contribution in [0.4, 0.5) is 33.5 Å². The Morgan fingerprint density at radius 3 is 2.50 bits per heavy atom. The quantitative estimate of drug-likeness (QED) is 0.128. The van der Waals surface area contributed by atoms with E-state index in [0.29, 0.717) is 70.6 Å². The molecule has 2 aromatic carbocycles. The number of aromatic nitrogens is 2. The van der Waals surface area contributed by atoms with E-state index in [1.54, 1.807) is 37.4 Å². The van der Waals surface area contributed by atoms with E-state index in [2.05, 4.69) is 28.7 Å². The lowest BCUT2D eigenvalue weighted by molar-refractivity contribution is -0.123. The van der Waals surface area contributed by atoms with E-state index >= 15 is 0 Å². The average molecular weight is 667 g/mol. The average Bonchev–Trinajstić information content (AvgIpc) is 3.61. The number of aryl methyl sites for hydroxylation is 1. The van der Waals surface area contributed by atoms with Crippen molar-refractivity contribution in [2.24, 2.45) is 7.05 Å². The van der Waals surface area contributed by atoms with E-state index in [0.717, 1.165) is 0 Å². The van der Waals surface area contributed by atoms with Crippen LogP contribution in [0.25, 0.3) is 33.3 Å². The lowest BCUT2D eigenvalue weighted by Crippen LogP contribution is -2.33. The minimum Gasteiger partial charge on any atom is -0.496 e. The number of likely N-dealkylation sites (tertiary alicyclic amines) is 1. The van der Waals surface area contributed by atoms with Crippen molar-refractivity contribution in [3.63, 3.8) is 0 Å². The third-order valence-electron chi connectivity index (χ3n) is 7.83. The molecule has 0 bridgehead atoms. The highest BCUT2D eigenvalue weighted by Crippen LogP contribution is 2.44. The van der Waals surface area contributed by atoms with E-state index in [1.165, 1.54) is 25.4 Å². The highest BCUT2D eigenvalue weighted by molar-refractivity contribution is 6.11. The van der Waals surface area contributed by atoms with Gasteiger partial charge in [0.15, 0.2) is 5.83 Å². The summed E-state index contributed by atoms with van der Waals surface area (Å²) in [6.07, 6.45) is -3.49. The molecule has 1 saturated heterocycles. The Kier molecular flexibility index (Phi) is 9.72. The van der Waals surface area contributed by atoms with E-state index in [4.69, 9.17) is 10.5 Å². The van der Waals surface area contributed by atoms with Crippen molar-refractivity contribution in [3.8, 4) is 40.0 Å². The summed E-state index contributed by atoms with van der Waals surface area (Å²) in [6.45, 7) is 2.75. The topological polar surface area (TPSA) is 115 Å². The van der Waals surface area contributed by atoms with Gasteiger partial charge in [0.1, 0.15) is 24.3 Å². The summed E-state index contributed by atoms with van der Waals surface area (Å²) >= 11 is 0. The van der Waals surface area contributed by atoms with Crippen molar-refractivity contribution in [2.45, 2.75) is 18.8 Å². The summed E-state index contributed by atoms with van der Waals surface area (Å²) in [5.41, 5.74) is 10.1. The third-order valence-corrected chi connectivity index (χ3v) is 7.83. The standard InChI is InChI=1S/C34H31F5N6O3/c1-19(35)32(46)43-24-9-6-20(7-10-24)29-27(21-8-11-25(26(15-21)48-3)33(47)42-18-34(37,38)39)28-30(44(29)2)22(16-41-31(28)40)5-4-13-45-14-12-23(36)17-45/h6-11,15-16,23H,1,12-14,17-18H2,2-3H3,(H2,40,41)(H,42,47)(H,43,46)/t23-/m0/s1. The number of anilines is 2. The number of nitrogen functional groups attached to an aromatic ring is 1. The Hall–Kier alpha value is -5.42. The zero-order valence-electron chi connectivity index (χ0n) is 26.0. The highest BCUT2D eigenvalue weighted by atomic mass is 19.4. The maximum Gasteiger partial charge on any atom is 0.405 e. The van der Waals surface area contributed by atoms with Gasteiger partial charge in [-0.15, -0.1) is 0 Å². The summed E-state index contributed by atoms with van der Waals surface area (Å²) in [4.78, 5) is 30.8.